The number of hydrogen-bond acceptors (Lipinski definition) is 6. The largest absolute Gasteiger partial charge is 0.302 e. The van der Waals surface area contributed by atoms with Crippen LogP contribution in [0.2, 0.25) is 0 Å². The van der Waals surface area contributed by atoms with Crippen molar-refractivity contribution in [1.82, 2.24) is 19.7 Å². The van der Waals surface area contributed by atoms with Gasteiger partial charge in [0.25, 0.3) is 0 Å². The first-order chi connectivity index (χ1) is 13.4. The average molecular weight is 414 g/mol. The molecule has 0 saturated heterocycles. The van der Waals surface area contributed by atoms with Crippen molar-refractivity contribution in [3.63, 3.8) is 0 Å². The Morgan fingerprint density at radius 2 is 2.11 bits per heavy atom. The highest BCUT2D eigenvalue weighted by atomic mass is 32.2. The van der Waals surface area contributed by atoms with Crippen molar-refractivity contribution in [2.45, 2.75) is 45.1 Å². The monoisotopic (exact) mass is 413 g/mol. The molecule has 0 spiro atoms. The molecule has 6 nitrogen and oxygen atoms in total. The fraction of sp³-hybridized carbons (Fsp3) is 0.300. The van der Waals surface area contributed by atoms with Crippen LogP contribution in [0.5, 0.6) is 0 Å². The highest BCUT2D eigenvalue weighted by Crippen LogP contribution is 2.33. The molecule has 0 atom stereocenters. The van der Waals surface area contributed by atoms with Gasteiger partial charge in [0.2, 0.25) is 5.91 Å². The van der Waals surface area contributed by atoms with Crippen LogP contribution in [0.25, 0.3) is 0 Å². The lowest BCUT2D eigenvalue weighted by Gasteiger charge is -2.21. The molecule has 28 heavy (non-hydrogen) atoms. The molecule has 1 amide bonds. The van der Waals surface area contributed by atoms with Crippen molar-refractivity contribution in [2.75, 3.05) is 4.90 Å². The Morgan fingerprint density at radius 1 is 1.32 bits per heavy atom. The van der Waals surface area contributed by atoms with Gasteiger partial charge in [0.1, 0.15) is 5.82 Å². The highest BCUT2D eigenvalue weighted by molar-refractivity contribution is 7.98. The Bertz CT molecular complexity index is 1010. The molecule has 0 radical (unpaired) electrons. The number of benzene rings is 1. The highest BCUT2D eigenvalue weighted by Gasteiger charge is 2.20. The number of nitrogens with zero attached hydrogens (tertiary/aromatic N) is 5. The molecule has 2 aromatic heterocycles. The van der Waals surface area contributed by atoms with Gasteiger partial charge in [-0.15, -0.1) is 28.1 Å². The van der Waals surface area contributed by atoms with Crippen LogP contribution >= 0.6 is 23.1 Å². The maximum absolute atomic E-state index is 12.4. The second-order valence-corrected chi connectivity index (χ2v) is 8.19. The zero-order valence-electron chi connectivity index (χ0n) is 16.5. The summed E-state index contributed by atoms with van der Waals surface area (Å²) in [7, 11) is 0. The summed E-state index contributed by atoms with van der Waals surface area (Å²) in [5.74, 6) is 1.47. The molecule has 2 heterocycles. The molecule has 0 unspecified atom stereocenters. The molecule has 0 fully saturated rings. The van der Waals surface area contributed by atoms with Gasteiger partial charge in [0.05, 0.1) is 11.4 Å². The summed E-state index contributed by atoms with van der Waals surface area (Å²) in [6.45, 7) is 12.0. The van der Waals surface area contributed by atoms with E-state index in [-0.39, 0.29) is 5.91 Å². The van der Waals surface area contributed by atoms with Crippen molar-refractivity contribution >= 4 is 39.8 Å². The molecule has 1 aromatic carbocycles. The van der Waals surface area contributed by atoms with E-state index < -0.39 is 0 Å². The summed E-state index contributed by atoms with van der Waals surface area (Å²) in [5, 5.41) is 11.9. The molecule has 146 valence electrons. The van der Waals surface area contributed by atoms with E-state index >= 15 is 0 Å². The number of hydrogen-bond donors (Lipinski definition) is 0. The quantitative estimate of drug-likeness (QED) is 0.410. The van der Waals surface area contributed by atoms with E-state index in [0.717, 1.165) is 33.5 Å². The predicted molar refractivity (Wildman–Crippen MR) is 115 cm³/mol. The molecule has 0 N–H and O–H groups in total. The van der Waals surface area contributed by atoms with E-state index in [4.69, 9.17) is 4.98 Å². The maximum atomic E-state index is 12.4. The van der Waals surface area contributed by atoms with E-state index in [1.54, 1.807) is 23.6 Å². The summed E-state index contributed by atoms with van der Waals surface area (Å²) in [4.78, 5) is 18.8. The number of thioether (sulfide) groups is 1. The fourth-order valence-electron chi connectivity index (χ4n) is 2.80. The van der Waals surface area contributed by atoms with Gasteiger partial charge >= 0.3 is 0 Å². The van der Waals surface area contributed by atoms with Gasteiger partial charge in [-0.3, -0.25) is 9.69 Å². The van der Waals surface area contributed by atoms with Crippen molar-refractivity contribution in [1.29, 1.82) is 0 Å². The number of carbonyl (C=O) groups is 1. The molecule has 3 rings (SSSR count). The van der Waals surface area contributed by atoms with Crippen LogP contribution < -0.4 is 4.90 Å². The Balaban J connectivity index is 1.81. The van der Waals surface area contributed by atoms with Crippen LogP contribution in [0.3, 0.4) is 0 Å². The summed E-state index contributed by atoms with van der Waals surface area (Å²) in [5.41, 5.74) is 4.01. The van der Waals surface area contributed by atoms with Crippen LogP contribution in [-0.2, 0) is 17.1 Å². The lowest BCUT2D eigenvalue weighted by Crippen LogP contribution is -2.23. The molecule has 0 aliphatic heterocycles. The molecule has 0 aliphatic rings. The minimum absolute atomic E-state index is 0.0522. The molecular formula is C20H23N5OS2. The summed E-state index contributed by atoms with van der Waals surface area (Å²) >= 11 is 3.05. The number of thiazole rings is 1. The second kappa shape index (κ2) is 8.70. The van der Waals surface area contributed by atoms with Gasteiger partial charge in [-0.05, 0) is 38.0 Å². The first-order valence-electron chi connectivity index (χ1n) is 8.87. The smallest absolute Gasteiger partial charge is 0.230 e. The number of amides is 1. The van der Waals surface area contributed by atoms with E-state index in [1.165, 1.54) is 11.3 Å². The van der Waals surface area contributed by atoms with Crippen LogP contribution in [0, 0.1) is 20.8 Å². The predicted octanol–water partition coefficient (Wildman–Crippen LogP) is 4.82. The van der Waals surface area contributed by atoms with Crippen LogP contribution in [-0.4, -0.2) is 25.7 Å². The Hall–Kier alpha value is -2.45. The number of aromatic nitrogens is 4. The van der Waals surface area contributed by atoms with Gasteiger partial charge < -0.3 is 4.57 Å². The van der Waals surface area contributed by atoms with E-state index in [2.05, 4.69) is 16.8 Å². The third kappa shape index (κ3) is 4.18. The van der Waals surface area contributed by atoms with Gasteiger partial charge in [0, 0.05) is 24.6 Å². The molecule has 3 aromatic rings. The van der Waals surface area contributed by atoms with Crippen LogP contribution in [0.15, 0.2) is 41.4 Å². The van der Waals surface area contributed by atoms with Crippen molar-refractivity contribution < 1.29 is 4.79 Å². The average Bonchev–Trinajstić information content (AvgIpc) is 3.25. The SMILES string of the molecule is C=CCn1c(C)nnc1SCc1csc(N(C(C)=O)c2cccc(C)c2C)n1. The minimum atomic E-state index is -0.0522. The lowest BCUT2D eigenvalue weighted by molar-refractivity contribution is -0.115. The second-order valence-electron chi connectivity index (χ2n) is 6.41. The third-order valence-corrected chi connectivity index (χ3v) is 6.30. The Kier molecular flexibility index (Phi) is 6.31. The van der Waals surface area contributed by atoms with Crippen molar-refractivity contribution in [3.05, 3.63) is 58.9 Å². The normalized spacial score (nSPS) is 10.9. The summed E-state index contributed by atoms with van der Waals surface area (Å²) < 4.78 is 2.02. The van der Waals surface area contributed by atoms with E-state index in [0.29, 0.717) is 17.4 Å². The number of rotatable bonds is 7. The van der Waals surface area contributed by atoms with Gasteiger partial charge in [-0.25, -0.2) is 4.98 Å². The Morgan fingerprint density at radius 3 is 2.82 bits per heavy atom. The maximum Gasteiger partial charge on any atom is 0.230 e. The lowest BCUT2D eigenvalue weighted by atomic mass is 10.1. The number of carbonyl (C=O) groups excluding carboxylic acids is 1. The zero-order chi connectivity index (χ0) is 20.3. The first kappa shape index (κ1) is 20.3. The van der Waals surface area contributed by atoms with E-state index in [1.807, 2.05) is 55.0 Å². The molecule has 0 bridgehead atoms. The third-order valence-electron chi connectivity index (χ3n) is 4.43. The zero-order valence-corrected chi connectivity index (χ0v) is 18.1. The Labute approximate surface area is 173 Å². The molecule has 0 saturated carbocycles. The van der Waals surface area contributed by atoms with Crippen LogP contribution in [0.1, 0.15) is 29.6 Å². The standard InChI is InChI=1S/C20H23N5OS2/c1-6-10-24-15(4)22-23-20(24)28-12-17-11-27-19(21-17)25(16(5)26)18-9-7-8-13(2)14(18)3/h6-9,11H,1,10,12H2,2-5H3. The van der Waals surface area contributed by atoms with Crippen molar-refractivity contribution in [3.8, 4) is 0 Å². The number of aryl methyl sites for hydroxylation is 2. The molecule has 8 heteroatoms. The van der Waals surface area contributed by atoms with Gasteiger partial charge in [-0.1, -0.05) is 30.0 Å². The van der Waals surface area contributed by atoms with Gasteiger partial charge in [0.15, 0.2) is 10.3 Å². The van der Waals surface area contributed by atoms with Gasteiger partial charge in [-0.2, -0.15) is 0 Å². The van der Waals surface area contributed by atoms with Crippen molar-refractivity contribution in [2.24, 2.45) is 0 Å². The fourth-order valence-corrected chi connectivity index (χ4v) is 4.67. The molecular weight excluding hydrogens is 390 g/mol. The van der Waals surface area contributed by atoms with E-state index in [9.17, 15) is 4.79 Å². The molecule has 0 aliphatic carbocycles. The summed E-state index contributed by atoms with van der Waals surface area (Å²) in [6, 6.07) is 5.97. The number of anilines is 2. The first-order valence-corrected chi connectivity index (χ1v) is 10.7. The van der Waals surface area contributed by atoms with Crippen LogP contribution in [0.4, 0.5) is 10.8 Å². The summed E-state index contributed by atoms with van der Waals surface area (Å²) in [6.07, 6.45) is 1.83. The minimum Gasteiger partial charge on any atom is -0.302 e. The topological polar surface area (TPSA) is 63.9 Å². The number of allylic oxidation sites excluding steroid dienone is 1.